The van der Waals surface area contributed by atoms with Gasteiger partial charge in [-0.15, -0.1) is 0 Å². The first kappa shape index (κ1) is 10.9. The second-order valence-electron chi connectivity index (χ2n) is 3.55. The lowest BCUT2D eigenvalue weighted by Gasteiger charge is -2.21. The molecule has 0 fully saturated rings. The number of hydrogen-bond acceptors (Lipinski definition) is 1. The van der Waals surface area contributed by atoms with Crippen molar-refractivity contribution in [1.82, 2.24) is 4.90 Å². The maximum absolute atomic E-state index is 3.87. The van der Waals surface area contributed by atoms with Crippen LogP contribution in [-0.4, -0.2) is 31.1 Å². The first-order chi connectivity index (χ1) is 5.20. The summed E-state index contributed by atoms with van der Waals surface area (Å²) in [5.41, 5.74) is 3.87. The normalized spacial score (nSPS) is 11.5. The Morgan fingerprint density at radius 2 is 1.91 bits per heavy atom. The fourth-order valence-electron chi connectivity index (χ4n) is 1.35. The minimum atomic E-state index is 0.785. The molecule has 0 aromatic rings. The molecule has 68 valence electrons. The van der Waals surface area contributed by atoms with Crippen LogP contribution in [0.4, 0.5) is 0 Å². The van der Waals surface area contributed by atoms with E-state index in [9.17, 15) is 0 Å². The number of rotatable bonds is 6. The van der Waals surface area contributed by atoms with Crippen molar-refractivity contribution in [3.05, 3.63) is 0 Å². The third-order valence-electron chi connectivity index (χ3n) is 1.64. The van der Waals surface area contributed by atoms with Gasteiger partial charge in [0.1, 0.15) is 0 Å². The van der Waals surface area contributed by atoms with Crippen molar-refractivity contribution < 1.29 is 5.73 Å². The molecule has 0 rings (SSSR count). The lowest BCUT2D eigenvalue weighted by Crippen LogP contribution is -2.55. The van der Waals surface area contributed by atoms with E-state index < -0.39 is 0 Å². The fourth-order valence-corrected chi connectivity index (χ4v) is 1.35. The molecule has 0 aliphatic rings. The molecule has 0 radical (unpaired) electrons. The van der Waals surface area contributed by atoms with Crippen LogP contribution in [0.5, 0.6) is 0 Å². The van der Waals surface area contributed by atoms with E-state index in [0.717, 1.165) is 19.0 Å². The maximum Gasteiger partial charge on any atom is 0.0869 e. The molecule has 0 heterocycles. The third kappa shape index (κ3) is 6.32. The largest absolute Gasteiger partial charge is 0.357 e. The molecule has 0 aliphatic carbocycles. The fraction of sp³-hybridized carbons (Fsp3) is 1.00. The van der Waals surface area contributed by atoms with E-state index in [-0.39, 0.29) is 0 Å². The molecule has 0 spiro atoms. The molecule has 2 heteroatoms. The predicted octanol–water partition coefficient (Wildman–Crippen LogP) is 0.596. The molecule has 0 saturated carbocycles. The average Bonchev–Trinajstić information content (AvgIpc) is 1.87. The highest BCUT2D eigenvalue weighted by Gasteiger charge is 2.04. The summed E-state index contributed by atoms with van der Waals surface area (Å²) in [6.45, 7) is 11.4. The Kier molecular flexibility index (Phi) is 6.57. The second-order valence-corrected chi connectivity index (χ2v) is 3.55. The predicted molar refractivity (Wildman–Crippen MR) is 49.3 cm³/mol. The molecule has 0 bridgehead atoms. The van der Waals surface area contributed by atoms with Crippen LogP contribution >= 0.6 is 0 Å². The molecule has 0 saturated heterocycles. The Morgan fingerprint density at radius 1 is 1.27 bits per heavy atom. The number of quaternary nitrogens is 1. The van der Waals surface area contributed by atoms with E-state index in [0.29, 0.717) is 0 Å². The van der Waals surface area contributed by atoms with Crippen molar-refractivity contribution in [3.8, 4) is 0 Å². The lowest BCUT2D eigenvalue weighted by molar-refractivity contribution is -0.369. The highest BCUT2D eigenvalue weighted by molar-refractivity contribution is 4.57. The first-order valence-electron chi connectivity index (χ1n) is 4.72. The van der Waals surface area contributed by atoms with Gasteiger partial charge in [0.15, 0.2) is 0 Å². The summed E-state index contributed by atoms with van der Waals surface area (Å²) in [5, 5.41) is 0. The number of nitrogens with zero attached hydrogens (tertiary/aromatic N) is 1. The highest BCUT2D eigenvalue weighted by Crippen LogP contribution is 1.98. The Balaban J connectivity index is 3.50. The van der Waals surface area contributed by atoms with Crippen molar-refractivity contribution in [1.29, 1.82) is 0 Å². The summed E-state index contributed by atoms with van der Waals surface area (Å²) in [6.07, 6.45) is 1.26. The van der Waals surface area contributed by atoms with Crippen LogP contribution in [0.15, 0.2) is 0 Å². The molecule has 0 unspecified atom stereocenters. The van der Waals surface area contributed by atoms with Gasteiger partial charge in [0.2, 0.25) is 0 Å². The van der Waals surface area contributed by atoms with E-state index in [1.165, 1.54) is 19.5 Å². The van der Waals surface area contributed by atoms with E-state index in [1.807, 2.05) is 0 Å². The van der Waals surface area contributed by atoms with Gasteiger partial charge < -0.3 is 5.73 Å². The van der Waals surface area contributed by atoms with Gasteiger partial charge in [0.05, 0.1) is 6.54 Å². The van der Waals surface area contributed by atoms with Crippen LogP contribution in [0.3, 0.4) is 0 Å². The molecule has 0 amide bonds. The SMILES string of the molecule is CCCN(CC[NH3+])CC(C)C. The van der Waals surface area contributed by atoms with Gasteiger partial charge in [-0.25, -0.2) is 0 Å². The monoisotopic (exact) mass is 159 g/mol. The van der Waals surface area contributed by atoms with Gasteiger partial charge in [-0.3, -0.25) is 4.90 Å². The summed E-state index contributed by atoms with van der Waals surface area (Å²) >= 11 is 0. The van der Waals surface area contributed by atoms with Crippen molar-refractivity contribution >= 4 is 0 Å². The van der Waals surface area contributed by atoms with Crippen LogP contribution in [0.1, 0.15) is 27.2 Å². The Morgan fingerprint density at radius 3 is 2.27 bits per heavy atom. The molecule has 0 aromatic carbocycles. The minimum absolute atomic E-state index is 0.785. The molecule has 0 aliphatic heterocycles. The van der Waals surface area contributed by atoms with Crippen LogP contribution in [0, 0.1) is 5.92 Å². The van der Waals surface area contributed by atoms with Crippen molar-refractivity contribution in [3.63, 3.8) is 0 Å². The zero-order valence-corrected chi connectivity index (χ0v) is 8.27. The maximum atomic E-state index is 3.87. The summed E-state index contributed by atoms with van der Waals surface area (Å²) in [7, 11) is 0. The quantitative estimate of drug-likeness (QED) is 0.604. The van der Waals surface area contributed by atoms with Gasteiger partial charge >= 0.3 is 0 Å². The summed E-state index contributed by atoms with van der Waals surface area (Å²) in [6, 6.07) is 0. The van der Waals surface area contributed by atoms with Gasteiger partial charge in [0.25, 0.3) is 0 Å². The van der Waals surface area contributed by atoms with Gasteiger partial charge in [-0.2, -0.15) is 0 Å². The topological polar surface area (TPSA) is 30.9 Å². The van der Waals surface area contributed by atoms with Crippen molar-refractivity contribution in [2.24, 2.45) is 5.92 Å². The zero-order valence-electron chi connectivity index (χ0n) is 8.27. The molecular weight excluding hydrogens is 136 g/mol. The second kappa shape index (κ2) is 6.62. The Bertz CT molecular complexity index is 75.6. The molecule has 11 heavy (non-hydrogen) atoms. The average molecular weight is 159 g/mol. The summed E-state index contributed by atoms with van der Waals surface area (Å²) in [5.74, 6) is 0.785. The summed E-state index contributed by atoms with van der Waals surface area (Å²) < 4.78 is 0. The van der Waals surface area contributed by atoms with Crippen LogP contribution < -0.4 is 5.73 Å². The molecule has 2 nitrogen and oxygen atoms in total. The van der Waals surface area contributed by atoms with E-state index in [4.69, 9.17) is 0 Å². The zero-order chi connectivity index (χ0) is 8.69. The Labute approximate surface area is 70.8 Å². The third-order valence-corrected chi connectivity index (χ3v) is 1.64. The van der Waals surface area contributed by atoms with Crippen LogP contribution in [0.2, 0.25) is 0 Å². The highest BCUT2D eigenvalue weighted by atomic mass is 15.1. The van der Waals surface area contributed by atoms with E-state index >= 15 is 0 Å². The first-order valence-corrected chi connectivity index (χ1v) is 4.72. The molecular formula is C9H23N2+. The van der Waals surface area contributed by atoms with E-state index in [1.54, 1.807) is 0 Å². The smallest absolute Gasteiger partial charge is 0.0869 e. The Hall–Kier alpha value is -0.0800. The van der Waals surface area contributed by atoms with Crippen molar-refractivity contribution in [2.75, 3.05) is 26.2 Å². The van der Waals surface area contributed by atoms with Crippen LogP contribution in [-0.2, 0) is 0 Å². The van der Waals surface area contributed by atoms with Gasteiger partial charge in [-0.1, -0.05) is 20.8 Å². The van der Waals surface area contributed by atoms with Gasteiger partial charge in [-0.05, 0) is 18.9 Å². The molecule has 0 aromatic heterocycles. The van der Waals surface area contributed by atoms with E-state index in [2.05, 4.69) is 31.4 Å². The molecule has 0 atom stereocenters. The van der Waals surface area contributed by atoms with Gasteiger partial charge in [0, 0.05) is 13.1 Å². The number of hydrogen-bond donors (Lipinski definition) is 1. The van der Waals surface area contributed by atoms with Crippen molar-refractivity contribution in [2.45, 2.75) is 27.2 Å². The minimum Gasteiger partial charge on any atom is -0.357 e. The lowest BCUT2D eigenvalue weighted by atomic mass is 10.2. The standard InChI is InChI=1S/C9H22N2/c1-4-6-11(7-5-10)8-9(2)3/h9H,4-8,10H2,1-3H3/p+1. The van der Waals surface area contributed by atoms with Crippen LogP contribution in [0.25, 0.3) is 0 Å². The summed E-state index contributed by atoms with van der Waals surface area (Å²) in [4.78, 5) is 2.50. The molecule has 3 N–H and O–H groups in total.